The van der Waals surface area contributed by atoms with Crippen LogP contribution in [0.15, 0.2) is 24.3 Å². The molecule has 0 aliphatic heterocycles. The summed E-state index contributed by atoms with van der Waals surface area (Å²) in [6, 6.07) is 8.90. The van der Waals surface area contributed by atoms with Gasteiger partial charge in [-0.1, -0.05) is 19.3 Å². The Morgan fingerprint density at radius 2 is 1.79 bits per heavy atom. The zero-order valence-electron chi connectivity index (χ0n) is 11.9. The predicted octanol–water partition coefficient (Wildman–Crippen LogP) is 3.85. The maximum Gasteiger partial charge on any atom is 0.119 e. The molecule has 0 aromatic heterocycles. The Kier molecular flexibility index (Phi) is 6.02. The molecule has 1 aliphatic carbocycles. The predicted molar refractivity (Wildman–Crippen MR) is 78.9 cm³/mol. The molecule has 2 rings (SSSR count). The summed E-state index contributed by atoms with van der Waals surface area (Å²) in [5, 5.41) is 3.60. The highest BCUT2D eigenvalue weighted by molar-refractivity contribution is 5.47. The van der Waals surface area contributed by atoms with E-state index in [-0.39, 0.29) is 0 Å². The number of benzene rings is 1. The van der Waals surface area contributed by atoms with Gasteiger partial charge in [-0.15, -0.1) is 0 Å². The minimum atomic E-state index is 0.614. The highest BCUT2D eigenvalue weighted by Gasteiger charge is 2.12. The van der Waals surface area contributed by atoms with Crippen LogP contribution in [0.25, 0.3) is 0 Å². The minimum absolute atomic E-state index is 0.614. The van der Waals surface area contributed by atoms with Crippen molar-refractivity contribution in [1.82, 2.24) is 0 Å². The second-order valence-corrected chi connectivity index (χ2v) is 5.05. The SMILES string of the molecule is CCOCCOc1ccc(NC2CCCCC2)cc1. The highest BCUT2D eigenvalue weighted by atomic mass is 16.5. The fourth-order valence-electron chi connectivity index (χ4n) is 2.49. The second-order valence-electron chi connectivity index (χ2n) is 5.05. The second kappa shape index (κ2) is 8.05. The molecule has 1 N–H and O–H groups in total. The van der Waals surface area contributed by atoms with Crippen molar-refractivity contribution < 1.29 is 9.47 Å². The number of anilines is 1. The van der Waals surface area contributed by atoms with Crippen LogP contribution >= 0.6 is 0 Å². The van der Waals surface area contributed by atoms with Gasteiger partial charge in [-0.2, -0.15) is 0 Å². The molecular weight excluding hydrogens is 238 g/mol. The Balaban J connectivity index is 1.74. The average Bonchev–Trinajstić information content (AvgIpc) is 2.46. The molecule has 1 aliphatic rings. The topological polar surface area (TPSA) is 30.5 Å². The summed E-state index contributed by atoms with van der Waals surface area (Å²) in [7, 11) is 0. The molecule has 1 aromatic rings. The molecule has 0 bridgehead atoms. The summed E-state index contributed by atoms with van der Waals surface area (Å²) in [5.74, 6) is 0.911. The van der Waals surface area contributed by atoms with Crippen LogP contribution in [-0.4, -0.2) is 25.9 Å². The molecule has 0 radical (unpaired) electrons. The van der Waals surface area contributed by atoms with Gasteiger partial charge in [0.05, 0.1) is 6.61 Å². The summed E-state index contributed by atoms with van der Waals surface area (Å²) >= 11 is 0. The lowest BCUT2D eigenvalue weighted by atomic mass is 9.95. The molecule has 19 heavy (non-hydrogen) atoms. The maximum atomic E-state index is 5.60. The third-order valence-corrected chi connectivity index (χ3v) is 3.53. The van der Waals surface area contributed by atoms with Gasteiger partial charge < -0.3 is 14.8 Å². The molecular formula is C16H25NO2. The Morgan fingerprint density at radius 3 is 2.47 bits per heavy atom. The smallest absolute Gasteiger partial charge is 0.119 e. The van der Waals surface area contributed by atoms with Crippen LogP contribution < -0.4 is 10.1 Å². The first-order chi connectivity index (χ1) is 9.38. The third kappa shape index (κ3) is 5.11. The molecule has 0 heterocycles. The quantitative estimate of drug-likeness (QED) is 0.758. The number of ether oxygens (including phenoxy) is 2. The van der Waals surface area contributed by atoms with Crippen LogP contribution in [0.2, 0.25) is 0 Å². The van der Waals surface area contributed by atoms with Gasteiger partial charge in [-0.05, 0) is 44.0 Å². The Morgan fingerprint density at radius 1 is 1.05 bits per heavy atom. The van der Waals surface area contributed by atoms with Crippen molar-refractivity contribution in [2.45, 2.75) is 45.1 Å². The summed E-state index contributed by atoms with van der Waals surface area (Å²) in [6.07, 6.45) is 6.70. The first kappa shape index (κ1) is 14.2. The lowest BCUT2D eigenvalue weighted by molar-refractivity contribution is 0.110. The Labute approximate surface area is 116 Å². The monoisotopic (exact) mass is 263 g/mol. The zero-order valence-corrected chi connectivity index (χ0v) is 11.9. The first-order valence-corrected chi connectivity index (χ1v) is 7.45. The van der Waals surface area contributed by atoms with E-state index in [9.17, 15) is 0 Å². The number of hydrogen-bond donors (Lipinski definition) is 1. The molecule has 0 unspecified atom stereocenters. The fraction of sp³-hybridized carbons (Fsp3) is 0.625. The van der Waals surface area contributed by atoms with Crippen LogP contribution in [-0.2, 0) is 4.74 Å². The van der Waals surface area contributed by atoms with Gasteiger partial charge in [-0.25, -0.2) is 0 Å². The van der Waals surface area contributed by atoms with Crippen LogP contribution in [0.5, 0.6) is 5.75 Å². The highest BCUT2D eigenvalue weighted by Crippen LogP contribution is 2.23. The van der Waals surface area contributed by atoms with E-state index in [1.54, 1.807) is 0 Å². The molecule has 0 saturated heterocycles. The number of nitrogens with one attached hydrogen (secondary N) is 1. The standard InChI is InChI=1S/C16H25NO2/c1-2-18-12-13-19-16-10-8-15(9-11-16)17-14-6-4-3-5-7-14/h8-11,14,17H,2-7,12-13H2,1H3. The van der Waals surface area contributed by atoms with Crippen molar-refractivity contribution in [3.8, 4) is 5.75 Å². The molecule has 3 nitrogen and oxygen atoms in total. The van der Waals surface area contributed by atoms with Crippen LogP contribution in [0.4, 0.5) is 5.69 Å². The maximum absolute atomic E-state index is 5.60. The zero-order chi connectivity index (χ0) is 13.3. The van der Waals surface area contributed by atoms with Gasteiger partial charge in [-0.3, -0.25) is 0 Å². The molecule has 1 saturated carbocycles. The molecule has 0 atom stereocenters. The van der Waals surface area contributed by atoms with Crippen molar-refractivity contribution >= 4 is 5.69 Å². The van der Waals surface area contributed by atoms with Crippen LogP contribution in [0.3, 0.4) is 0 Å². The normalized spacial score (nSPS) is 16.3. The van der Waals surface area contributed by atoms with Crippen molar-refractivity contribution in [1.29, 1.82) is 0 Å². The van der Waals surface area contributed by atoms with E-state index in [1.165, 1.54) is 37.8 Å². The molecule has 3 heteroatoms. The van der Waals surface area contributed by atoms with Gasteiger partial charge in [0.2, 0.25) is 0 Å². The lowest BCUT2D eigenvalue weighted by Gasteiger charge is -2.23. The van der Waals surface area contributed by atoms with E-state index in [4.69, 9.17) is 9.47 Å². The van der Waals surface area contributed by atoms with Crippen LogP contribution in [0.1, 0.15) is 39.0 Å². The largest absolute Gasteiger partial charge is 0.491 e. The van der Waals surface area contributed by atoms with Crippen LogP contribution in [0, 0.1) is 0 Å². The Hall–Kier alpha value is -1.22. The molecule has 0 amide bonds. The minimum Gasteiger partial charge on any atom is -0.491 e. The average molecular weight is 263 g/mol. The fourth-order valence-corrected chi connectivity index (χ4v) is 2.49. The van der Waals surface area contributed by atoms with E-state index in [1.807, 2.05) is 19.1 Å². The van der Waals surface area contributed by atoms with Gasteiger partial charge in [0.1, 0.15) is 12.4 Å². The summed E-state index contributed by atoms with van der Waals surface area (Å²) in [6.45, 7) is 4.00. The van der Waals surface area contributed by atoms with E-state index >= 15 is 0 Å². The van der Waals surface area contributed by atoms with Crippen molar-refractivity contribution in [2.24, 2.45) is 0 Å². The summed E-state index contributed by atoms with van der Waals surface area (Å²) in [5.41, 5.74) is 1.20. The third-order valence-electron chi connectivity index (χ3n) is 3.53. The van der Waals surface area contributed by atoms with E-state index in [2.05, 4.69) is 17.4 Å². The van der Waals surface area contributed by atoms with E-state index in [0.717, 1.165) is 12.4 Å². The number of rotatable bonds is 7. The lowest BCUT2D eigenvalue weighted by Crippen LogP contribution is -2.22. The Bertz CT molecular complexity index is 344. The molecule has 0 spiro atoms. The van der Waals surface area contributed by atoms with Gasteiger partial charge >= 0.3 is 0 Å². The summed E-state index contributed by atoms with van der Waals surface area (Å²) in [4.78, 5) is 0. The van der Waals surface area contributed by atoms with Gasteiger partial charge in [0.15, 0.2) is 0 Å². The summed E-state index contributed by atoms with van der Waals surface area (Å²) < 4.78 is 10.8. The molecule has 106 valence electrons. The van der Waals surface area contributed by atoms with Gasteiger partial charge in [0, 0.05) is 18.3 Å². The van der Waals surface area contributed by atoms with Crippen molar-refractivity contribution in [2.75, 3.05) is 25.1 Å². The van der Waals surface area contributed by atoms with Crippen molar-refractivity contribution in [3.63, 3.8) is 0 Å². The molecule has 1 aromatic carbocycles. The van der Waals surface area contributed by atoms with Crippen molar-refractivity contribution in [3.05, 3.63) is 24.3 Å². The van der Waals surface area contributed by atoms with E-state index < -0.39 is 0 Å². The van der Waals surface area contributed by atoms with Gasteiger partial charge in [0.25, 0.3) is 0 Å². The molecule has 1 fully saturated rings. The number of hydrogen-bond acceptors (Lipinski definition) is 3. The van der Waals surface area contributed by atoms with E-state index in [0.29, 0.717) is 19.3 Å². The first-order valence-electron chi connectivity index (χ1n) is 7.45.